The van der Waals surface area contributed by atoms with Gasteiger partial charge in [0.2, 0.25) is 0 Å². The molecule has 1 N–H and O–H groups in total. The van der Waals surface area contributed by atoms with Crippen molar-refractivity contribution in [3.63, 3.8) is 0 Å². The van der Waals surface area contributed by atoms with Crippen LogP contribution in [0.15, 0.2) is 18.2 Å². The summed E-state index contributed by atoms with van der Waals surface area (Å²) in [6.07, 6.45) is -4.25. The van der Waals surface area contributed by atoms with Gasteiger partial charge in [-0.2, -0.15) is 13.2 Å². The van der Waals surface area contributed by atoms with Crippen molar-refractivity contribution < 1.29 is 13.2 Å². The number of hydrogen-bond donors (Lipinski definition) is 1. The SMILES string of the molecule is CC(C)NCc1c(Cl)cccc1N(CC(F)(F)F)C(C)C. The second-order valence-corrected chi connectivity index (χ2v) is 6.02. The van der Waals surface area contributed by atoms with Gasteiger partial charge in [-0.1, -0.05) is 31.5 Å². The van der Waals surface area contributed by atoms with Crippen LogP contribution in [0.25, 0.3) is 0 Å². The zero-order valence-corrected chi connectivity index (χ0v) is 13.5. The van der Waals surface area contributed by atoms with Crippen LogP contribution in [0.2, 0.25) is 5.02 Å². The van der Waals surface area contributed by atoms with Crippen molar-refractivity contribution in [2.75, 3.05) is 11.4 Å². The molecule has 1 rings (SSSR count). The third-order valence-electron chi connectivity index (χ3n) is 3.06. The summed E-state index contributed by atoms with van der Waals surface area (Å²) in [5.74, 6) is 0. The summed E-state index contributed by atoms with van der Waals surface area (Å²) in [5, 5.41) is 3.69. The average Bonchev–Trinajstić information content (AvgIpc) is 2.32. The first-order valence-electron chi connectivity index (χ1n) is 6.96. The maximum atomic E-state index is 12.8. The average molecular weight is 323 g/mol. The highest BCUT2D eigenvalue weighted by Crippen LogP contribution is 2.31. The predicted molar refractivity (Wildman–Crippen MR) is 82.0 cm³/mol. The lowest BCUT2D eigenvalue weighted by Gasteiger charge is -2.32. The summed E-state index contributed by atoms with van der Waals surface area (Å²) in [4.78, 5) is 1.34. The molecule has 0 radical (unpaired) electrons. The molecule has 0 aliphatic rings. The second-order valence-electron chi connectivity index (χ2n) is 5.61. The predicted octanol–water partition coefficient (Wildman–Crippen LogP) is 4.62. The number of nitrogens with one attached hydrogen (secondary N) is 1. The maximum absolute atomic E-state index is 12.8. The summed E-state index contributed by atoms with van der Waals surface area (Å²) < 4.78 is 38.4. The van der Waals surface area contributed by atoms with Gasteiger partial charge in [-0.3, -0.25) is 0 Å². The Morgan fingerprint density at radius 3 is 2.29 bits per heavy atom. The Morgan fingerprint density at radius 2 is 1.81 bits per heavy atom. The number of hydrogen-bond acceptors (Lipinski definition) is 2. The summed E-state index contributed by atoms with van der Waals surface area (Å²) in [7, 11) is 0. The Hall–Kier alpha value is -0.940. The van der Waals surface area contributed by atoms with Gasteiger partial charge in [0.25, 0.3) is 0 Å². The highest BCUT2D eigenvalue weighted by atomic mass is 35.5. The van der Waals surface area contributed by atoms with Crippen LogP contribution >= 0.6 is 11.6 Å². The van der Waals surface area contributed by atoms with Crippen molar-refractivity contribution in [3.8, 4) is 0 Å². The molecular formula is C15H22ClF3N2. The molecular weight excluding hydrogens is 301 g/mol. The van der Waals surface area contributed by atoms with E-state index in [0.717, 1.165) is 0 Å². The summed E-state index contributed by atoms with van der Waals surface area (Å²) in [6.45, 7) is 6.89. The molecule has 0 heterocycles. The van der Waals surface area contributed by atoms with Crippen molar-refractivity contribution in [1.82, 2.24) is 5.32 Å². The van der Waals surface area contributed by atoms with E-state index < -0.39 is 12.7 Å². The normalized spacial score (nSPS) is 12.3. The molecule has 0 fully saturated rings. The molecule has 1 aromatic carbocycles. The van der Waals surface area contributed by atoms with Gasteiger partial charge in [0, 0.05) is 34.9 Å². The highest BCUT2D eigenvalue weighted by molar-refractivity contribution is 6.31. The number of nitrogens with zero attached hydrogens (tertiary/aromatic N) is 1. The third kappa shape index (κ3) is 5.75. The molecule has 21 heavy (non-hydrogen) atoms. The fraction of sp³-hybridized carbons (Fsp3) is 0.600. The van der Waals surface area contributed by atoms with E-state index in [1.165, 1.54) is 4.90 Å². The van der Waals surface area contributed by atoms with Crippen LogP contribution in [-0.2, 0) is 6.54 Å². The molecule has 1 aromatic rings. The Labute approximate surface area is 129 Å². The number of anilines is 1. The fourth-order valence-electron chi connectivity index (χ4n) is 2.04. The van der Waals surface area contributed by atoms with E-state index in [0.29, 0.717) is 22.8 Å². The number of alkyl halides is 3. The smallest absolute Gasteiger partial charge is 0.360 e. The lowest BCUT2D eigenvalue weighted by molar-refractivity contribution is -0.120. The molecule has 0 atom stereocenters. The molecule has 0 saturated carbocycles. The minimum Gasteiger partial charge on any atom is -0.360 e. The maximum Gasteiger partial charge on any atom is 0.405 e. The van der Waals surface area contributed by atoms with Crippen molar-refractivity contribution in [3.05, 3.63) is 28.8 Å². The first-order chi connectivity index (χ1) is 9.61. The lowest BCUT2D eigenvalue weighted by Crippen LogP contribution is -2.40. The molecule has 0 aromatic heterocycles. The van der Waals surface area contributed by atoms with E-state index in [1.807, 2.05) is 13.8 Å². The molecule has 0 bridgehead atoms. The quantitative estimate of drug-likeness (QED) is 0.822. The molecule has 0 saturated heterocycles. The van der Waals surface area contributed by atoms with Gasteiger partial charge in [0.05, 0.1) is 0 Å². The summed E-state index contributed by atoms with van der Waals surface area (Å²) >= 11 is 6.18. The van der Waals surface area contributed by atoms with E-state index in [2.05, 4.69) is 5.32 Å². The van der Waals surface area contributed by atoms with Crippen LogP contribution in [0.3, 0.4) is 0 Å². The van der Waals surface area contributed by atoms with Crippen LogP contribution in [0.1, 0.15) is 33.3 Å². The molecule has 0 unspecified atom stereocenters. The Morgan fingerprint density at radius 1 is 1.19 bits per heavy atom. The van der Waals surface area contributed by atoms with E-state index in [4.69, 9.17) is 11.6 Å². The third-order valence-corrected chi connectivity index (χ3v) is 3.42. The first-order valence-corrected chi connectivity index (χ1v) is 7.33. The monoisotopic (exact) mass is 322 g/mol. The zero-order chi connectivity index (χ0) is 16.2. The van der Waals surface area contributed by atoms with Gasteiger partial charge in [0.15, 0.2) is 0 Å². The standard InChI is InChI=1S/C15H22ClF3N2/c1-10(2)20-8-12-13(16)6-5-7-14(12)21(11(3)4)9-15(17,18)19/h5-7,10-11,20H,8-9H2,1-4H3. The minimum atomic E-state index is -4.25. The van der Waals surface area contributed by atoms with Crippen LogP contribution in [0, 0.1) is 0 Å². The Kier molecular flexibility index (Phi) is 6.35. The Balaban J connectivity index is 3.15. The van der Waals surface area contributed by atoms with Crippen molar-refractivity contribution in [2.24, 2.45) is 0 Å². The highest BCUT2D eigenvalue weighted by Gasteiger charge is 2.33. The van der Waals surface area contributed by atoms with Gasteiger partial charge in [-0.15, -0.1) is 0 Å². The van der Waals surface area contributed by atoms with Crippen molar-refractivity contribution in [1.29, 1.82) is 0 Å². The van der Waals surface area contributed by atoms with Crippen LogP contribution in [0.4, 0.5) is 18.9 Å². The van der Waals surface area contributed by atoms with Gasteiger partial charge in [-0.05, 0) is 26.0 Å². The molecule has 0 aliphatic carbocycles. The number of rotatable bonds is 6. The molecule has 0 spiro atoms. The largest absolute Gasteiger partial charge is 0.405 e. The fourth-order valence-corrected chi connectivity index (χ4v) is 2.27. The van der Waals surface area contributed by atoms with Gasteiger partial charge in [0.1, 0.15) is 6.54 Å². The Bertz CT molecular complexity index is 459. The van der Waals surface area contributed by atoms with Crippen LogP contribution < -0.4 is 10.2 Å². The summed E-state index contributed by atoms with van der Waals surface area (Å²) in [6, 6.07) is 5.03. The van der Waals surface area contributed by atoms with Gasteiger partial charge < -0.3 is 10.2 Å². The number of halogens is 4. The molecule has 0 amide bonds. The van der Waals surface area contributed by atoms with E-state index >= 15 is 0 Å². The second kappa shape index (κ2) is 7.36. The number of benzene rings is 1. The lowest BCUT2D eigenvalue weighted by atomic mass is 10.1. The van der Waals surface area contributed by atoms with E-state index in [-0.39, 0.29) is 12.1 Å². The summed E-state index contributed by atoms with van der Waals surface area (Å²) in [5.41, 5.74) is 1.23. The molecule has 120 valence electrons. The van der Waals surface area contributed by atoms with Crippen molar-refractivity contribution in [2.45, 2.75) is 52.5 Å². The van der Waals surface area contributed by atoms with Crippen LogP contribution in [0.5, 0.6) is 0 Å². The molecule has 6 heteroatoms. The van der Waals surface area contributed by atoms with E-state index in [9.17, 15) is 13.2 Å². The van der Waals surface area contributed by atoms with Crippen LogP contribution in [-0.4, -0.2) is 24.8 Å². The zero-order valence-electron chi connectivity index (χ0n) is 12.8. The van der Waals surface area contributed by atoms with Crippen molar-refractivity contribution >= 4 is 17.3 Å². The first kappa shape index (κ1) is 18.1. The topological polar surface area (TPSA) is 15.3 Å². The van der Waals surface area contributed by atoms with Gasteiger partial charge in [-0.25, -0.2) is 0 Å². The van der Waals surface area contributed by atoms with Gasteiger partial charge >= 0.3 is 6.18 Å². The minimum absolute atomic E-state index is 0.226. The molecule has 2 nitrogen and oxygen atoms in total. The van der Waals surface area contributed by atoms with E-state index in [1.54, 1.807) is 32.0 Å². The molecule has 0 aliphatic heterocycles.